The first kappa shape index (κ1) is 9.04. The van der Waals surface area contributed by atoms with E-state index in [9.17, 15) is 0 Å². The van der Waals surface area contributed by atoms with Crippen molar-refractivity contribution < 1.29 is 0 Å². The van der Waals surface area contributed by atoms with E-state index >= 15 is 0 Å². The lowest BCUT2D eigenvalue weighted by Gasteiger charge is -2.08. The second-order valence-electron chi connectivity index (χ2n) is 3.58. The van der Waals surface area contributed by atoms with Gasteiger partial charge in [-0.1, -0.05) is 24.6 Å². The van der Waals surface area contributed by atoms with Crippen molar-refractivity contribution in [1.82, 2.24) is 5.32 Å². The molecular formula is C11H14ClN. The molecule has 1 unspecified atom stereocenters. The predicted molar refractivity (Wildman–Crippen MR) is 56.3 cm³/mol. The second-order valence-corrected chi connectivity index (χ2v) is 4.01. The highest BCUT2D eigenvalue weighted by Gasteiger charge is 2.19. The van der Waals surface area contributed by atoms with Crippen LogP contribution in [0.5, 0.6) is 0 Å². The SMILES string of the molecule is CCNC1Cc2ccc(Cl)cc2C1. The van der Waals surface area contributed by atoms with Crippen LogP contribution in [-0.2, 0) is 12.8 Å². The lowest BCUT2D eigenvalue weighted by atomic mass is 10.1. The number of fused-ring (bicyclic) bond motifs is 1. The fraction of sp³-hybridized carbons (Fsp3) is 0.455. The van der Waals surface area contributed by atoms with Crippen LogP contribution < -0.4 is 5.32 Å². The van der Waals surface area contributed by atoms with E-state index in [0.29, 0.717) is 6.04 Å². The summed E-state index contributed by atoms with van der Waals surface area (Å²) in [7, 11) is 0. The molecule has 0 spiro atoms. The molecule has 0 saturated heterocycles. The predicted octanol–water partition coefficient (Wildman–Crippen LogP) is 2.42. The van der Waals surface area contributed by atoms with Gasteiger partial charge in [0, 0.05) is 11.1 Å². The number of halogens is 1. The lowest BCUT2D eigenvalue weighted by Crippen LogP contribution is -2.28. The van der Waals surface area contributed by atoms with Crippen molar-refractivity contribution in [3.8, 4) is 0 Å². The molecule has 1 N–H and O–H groups in total. The Kier molecular flexibility index (Phi) is 2.56. The molecule has 0 heterocycles. The maximum absolute atomic E-state index is 5.93. The van der Waals surface area contributed by atoms with Crippen LogP contribution in [0.3, 0.4) is 0 Å². The van der Waals surface area contributed by atoms with E-state index in [1.807, 2.05) is 6.07 Å². The van der Waals surface area contributed by atoms with Gasteiger partial charge in [-0.2, -0.15) is 0 Å². The van der Waals surface area contributed by atoms with E-state index < -0.39 is 0 Å². The van der Waals surface area contributed by atoms with Crippen LogP contribution in [-0.4, -0.2) is 12.6 Å². The van der Waals surface area contributed by atoms with Crippen LogP contribution in [0, 0.1) is 0 Å². The highest BCUT2D eigenvalue weighted by molar-refractivity contribution is 6.30. The molecule has 1 aliphatic carbocycles. The first-order valence-electron chi connectivity index (χ1n) is 4.80. The van der Waals surface area contributed by atoms with E-state index in [4.69, 9.17) is 11.6 Å². The standard InChI is InChI=1S/C11H14ClN/c1-2-13-11-6-8-3-4-10(12)5-9(8)7-11/h3-5,11,13H,2,6-7H2,1H3. The molecule has 0 fully saturated rings. The molecule has 0 aliphatic heterocycles. The molecule has 0 radical (unpaired) electrons. The van der Waals surface area contributed by atoms with Crippen molar-refractivity contribution in [1.29, 1.82) is 0 Å². The molecule has 13 heavy (non-hydrogen) atoms. The summed E-state index contributed by atoms with van der Waals surface area (Å²) in [5.74, 6) is 0. The van der Waals surface area contributed by atoms with E-state index in [2.05, 4.69) is 24.4 Å². The fourth-order valence-corrected chi connectivity index (χ4v) is 2.21. The van der Waals surface area contributed by atoms with Gasteiger partial charge in [0.2, 0.25) is 0 Å². The van der Waals surface area contributed by atoms with Gasteiger partial charge < -0.3 is 5.32 Å². The van der Waals surface area contributed by atoms with E-state index in [-0.39, 0.29) is 0 Å². The first-order valence-corrected chi connectivity index (χ1v) is 5.18. The molecule has 1 aliphatic rings. The molecule has 1 aromatic rings. The van der Waals surface area contributed by atoms with Gasteiger partial charge in [-0.25, -0.2) is 0 Å². The third kappa shape index (κ3) is 1.87. The smallest absolute Gasteiger partial charge is 0.0408 e. The summed E-state index contributed by atoms with van der Waals surface area (Å²) in [5.41, 5.74) is 2.87. The average molecular weight is 196 g/mol. The van der Waals surface area contributed by atoms with Crippen molar-refractivity contribution >= 4 is 11.6 Å². The zero-order valence-corrected chi connectivity index (χ0v) is 8.56. The first-order chi connectivity index (χ1) is 6.29. The Bertz CT molecular complexity index is 309. The van der Waals surface area contributed by atoms with Gasteiger partial charge in [0.15, 0.2) is 0 Å². The Morgan fingerprint density at radius 1 is 1.38 bits per heavy atom. The Labute approximate surface area is 84.1 Å². The zero-order valence-electron chi connectivity index (χ0n) is 7.81. The van der Waals surface area contributed by atoms with Crippen molar-refractivity contribution in [3.63, 3.8) is 0 Å². The molecule has 0 bridgehead atoms. The molecule has 0 aromatic heterocycles. The molecule has 70 valence electrons. The summed E-state index contributed by atoms with van der Waals surface area (Å²) in [5, 5.41) is 4.33. The maximum Gasteiger partial charge on any atom is 0.0408 e. The van der Waals surface area contributed by atoms with E-state index in [1.54, 1.807) is 0 Å². The van der Waals surface area contributed by atoms with Crippen LogP contribution >= 0.6 is 11.6 Å². The maximum atomic E-state index is 5.93. The third-order valence-corrected chi connectivity index (χ3v) is 2.83. The van der Waals surface area contributed by atoms with Crippen molar-refractivity contribution in [2.24, 2.45) is 0 Å². The normalized spacial score (nSPS) is 20.3. The third-order valence-electron chi connectivity index (χ3n) is 2.59. The van der Waals surface area contributed by atoms with Gasteiger partial charge >= 0.3 is 0 Å². The minimum absolute atomic E-state index is 0.624. The number of likely N-dealkylation sites (N-methyl/N-ethyl adjacent to an activating group) is 1. The van der Waals surface area contributed by atoms with Crippen LogP contribution in [0.1, 0.15) is 18.1 Å². The van der Waals surface area contributed by atoms with Crippen LogP contribution in [0.25, 0.3) is 0 Å². The van der Waals surface area contributed by atoms with Crippen LogP contribution in [0.2, 0.25) is 5.02 Å². The Morgan fingerprint density at radius 2 is 2.15 bits per heavy atom. The summed E-state index contributed by atoms with van der Waals surface area (Å²) in [6, 6.07) is 6.84. The topological polar surface area (TPSA) is 12.0 Å². The molecule has 0 saturated carbocycles. The van der Waals surface area contributed by atoms with Crippen LogP contribution in [0.4, 0.5) is 0 Å². The number of hydrogen-bond acceptors (Lipinski definition) is 1. The van der Waals surface area contributed by atoms with Gasteiger partial charge in [0.25, 0.3) is 0 Å². The fourth-order valence-electron chi connectivity index (χ4n) is 2.02. The quantitative estimate of drug-likeness (QED) is 0.765. The summed E-state index contributed by atoms with van der Waals surface area (Å²) in [4.78, 5) is 0. The van der Waals surface area contributed by atoms with Crippen LogP contribution in [0.15, 0.2) is 18.2 Å². The highest BCUT2D eigenvalue weighted by Crippen LogP contribution is 2.25. The van der Waals surface area contributed by atoms with Gasteiger partial charge in [-0.05, 0) is 42.6 Å². The Morgan fingerprint density at radius 3 is 2.92 bits per heavy atom. The molecule has 2 heteroatoms. The largest absolute Gasteiger partial charge is 0.314 e. The van der Waals surface area contributed by atoms with Gasteiger partial charge in [0.1, 0.15) is 0 Å². The van der Waals surface area contributed by atoms with Gasteiger partial charge in [0.05, 0.1) is 0 Å². The summed E-state index contributed by atoms with van der Waals surface area (Å²) >= 11 is 5.93. The van der Waals surface area contributed by atoms with Gasteiger partial charge in [-0.15, -0.1) is 0 Å². The lowest BCUT2D eigenvalue weighted by molar-refractivity contribution is 0.552. The molecule has 1 nitrogen and oxygen atoms in total. The second kappa shape index (κ2) is 3.69. The molecule has 1 atom stereocenters. The number of hydrogen-bond donors (Lipinski definition) is 1. The minimum atomic E-state index is 0.624. The summed E-state index contributed by atoms with van der Waals surface area (Å²) < 4.78 is 0. The van der Waals surface area contributed by atoms with Gasteiger partial charge in [-0.3, -0.25) is 0 Å². The zero-order chi connectivity index (χ0) is 9.26. The average Bonchev–Trinajstić information content (AvgIpc) is 2.46. The van der Waals surface area contributed by atoms with Crippen molar-refractivity contribution in [2.75, 3.05) is 6.54 Å². The monoisotopic (exact) mass is 195 g/mol. The Balaban J connectivity index is 2.16. The molecule has 2 rings (SSSR count). The number of rotatable bonds is 2. The van der Waals surface area contributed by atoms with Crippen molar-refractivity contribution in [3.05, 3.63) is 34.3 Å². The molecule has 1 aromatic carbocycles. The Hall–Kier alpha value is -0.530. The minimum Gasteiger partial charge on any atom is -0.314 e. The number of nitrogens with one attached hydrogen (secondary N) is 1. The summed E-state index contributed by atoms with van der Waals surface area (Å²) in [6.45, 7) is 3.20. The van der Waals surface area contributed by atoms with E-state index in [1.165, 1.54) is 11.1 Å². The van der Waals surface area contributed by atoms with Crippen molar-refractivity contribution in [2.45, 2.75) is 25.8 Å². The number of benzene rings is 1. The highest BCUT2D eigenvalue weighted by atomic mass is 35.5. The summed E-state index contributed by atoms with van der Waals surface area (Å²) in [6.07, 6.45) is 2.28. The molecular weight excluding hydrogens is 182 g/mol. The van der Waals surface area contributed by atoms with E-state index in [0.717, 1.165) is 24.4 Å². The molecule has 0 amide bonds.